The van der Waals surface area contributed by atoms with Crippen molar-refractivity contribution >= 4 is 16.7 Å². The Balaban J connectivity index is 1.91. The van der Waals surface area contributed by atoms with Gasteiger partial charge in [-0.1, -0.05) is 54.6 Å². The van der Waals surface area contributed by atoms with Crippen LogP contribution in [0.4, 0.5) is 0 Å². The summed E-state index contributed by atoms with van der Waals surface area (Å²) in [6.45, 7) is 1.93. The third-order valence-electron chi connectivity index (χ3n) is 5.58. The van der Waals surface area contributed by atoms with E-state index in [1.165, 1.54) is 0 Å². The van der Waals surface area contributed by atoms with Gasteiger partial charge in [0.15, 0.2) is 0 Å². The van der Waals surface area contributed by atoms with Gasteiger partial charge in [-0.05, 0) is 35.4 Å². The molecule has 2 atom stereocenters. The normalized spacial score (nSPS) is 24.4. The smallest absolute Gasteiger partial charge is 0.308 e. The summed E-state index contributed by atoms with van der Waals surface area (Å²) < 4.78 is 10.9. The van der Waals surface area contributed by atoms with Crippen LogP contribution < -0.4 is 4.74 Å². The van der Waals surface area contributed by atoms with Crippen molar-refractivity contribution in [3.8, 4) is 11.8 Å². The quantitative estimate of drug-likeness (QED) is 0.649. The van der Waals surface area contributed by atoms with E-state index in [-0.39, 0.29) is 12.4 Å². The van der Waals surface area contributed by atoms with Crippen LogP contribution in [0, 0.1) is 11.3 Å². The Morgan fingerprint density at radius 2 is 1.67 bits per heavy atom. The third kappa shape index (κ3) is 2.47. The van der Waals surface area contributed by atoms with E-state index in [0.717, 1.165) is 16.3 Å². The summed E-state index contributed by atoms with van der Waals surface area (Å²) >= 11 is 0. The predicted molar refractivity (Wildman–Crippen MR) is 102 cm³/mol. The van der Waals surface area contributed by atoms with Crippen molar-refractivity contribution in [3.63, 3.8) is 0 Å². The maximum absolute atomic E-state index is 12.4. The zero-order valence-electron chi connectivity index (χ0n) is 15.2. The number of nitrogens with zero attached hydrogens (tertiary/aromatic N) is 1. The van der Waals surface area contributed by atoms with Gasteiger partial charge in [0.25, 0.3) is 0 Å². The molecule has 0 saturated carbocycles. The molecule has 4 heteroatoms. The first kappa shape index (κ1) is 17.1. The van der Waals surface area contributed by atoms with Crippen LogP contribution in [-0.4, -0.2) is 13.1 Å². The van der Waals surface area contributed by atoms with Gasteiger partial charge in [0.1, 0.15) is 11.8 Å². The van der Waals surface area contributed by atoms with E-state index in [1.807, 2.05) is 49.4 Å². The van der Waals surface area contributed by atoms with Gasteiger partial charge in [-0.25, -0.2) is 0 Å². The van der Waals surface area contributed by atoms with Crippen LogP contribution >= 0.6 is 0 Å². The highest BCUT2D eigenvalue weighted by Gasteiger charge is 2.60. The van der Waals surface area contributed by atoms with Crippen molar-refractivity contribution in [2.24, 2.45) is 0 Å². The molecule has 1 fully saturated rings. The van der Waals surface area contributed by atoms with Gasteiger partial charge in [-0.15, -0.1) is 0 Å². The van der Waals surface area contributed by atoms with E-state index in [2.05, 4.69) is 6.07 Å². The third-order valence-corrected chi connectivity index (χ3v) is 5.58. The highest BCUT2D eigenvalue weighted by atomic mass is 16.6. The molecule has 134 valence electrons. The molecule has 0 N–H and O–H groups in total. The Bertz CT molecular complexity index is 1070. The minimum Gasteiger partial charge on any atom is -0.497 e. The van der Waals surface area contributed by atoms with Crippen molar-refractivity contribution in [2.45, 2.75) is 24.4 Å². The molecule has 0 spiro atoms. The zero-order chi connectivity index (χ0) is 19.1. The number of benzene rings is 3. The summed E-state index contributed by atoms with van der Waals surface area (Å²) in [6.07, 6.45) is 0.144. The van der Waals surface area contributed by atoms with E-state index in [4.69, 9.17) is 9.47 Å². The number of fused-ring (bicyclic) bond motifs is 1. The van der Waals surface area contributed by atoms with Crippen LogP contribution in [0.25, 0.3) is 10.8 Å². The lowest BCUT2D eigenvalue weighted by Gasteiger charge is -2.36. The minimum atomic E-state index is -1.39. The van der Waals surface area contributed by atoms with E-state index in [1.54, 1.807) is 31.4 Å². The number of methoxy groups -OCH3 is 1. The summed E-state index contributed by atoms with van der Waals surface area (Å²) in [7, 11) is 1.59. The Kier molecular flexibility index (Phi) is 3.89. The second-order valence-electron chi connectivity index (χ2n) is 7.07. The number of esters is 1. The SMILES string of the molecule is COc1ccc([C@]2(C#N)OC(=O)CC2(C)c2ccc3ccccc3c2)cc1. The summed E-state index contributed by atoms with van der Waals surface area (Å²) in [5, 5.41) is 12.3. The zero-order valence-corrected chi connectivity index (χ0v) is 15.2. The van der Waals surface area contributed by atoms with Crippen LogP contribution in [0.3, 0.4) is 0 Å². The van der Waals surface area contributed by atoms with Gasteiger partial charge >= 0.3 is 5.97 Å². The maximum Gasteiger partial charge on any atom is 0.308 e. The molecule has 27 heavy (non-hydrogen) atoms. The number of nitriles is 1. The fourth-order valence-electron chi connectivity index (χ4n) is 3.98. The average molecular weight is 357 g/mol. The molecule has 4 nitrogen and oxygen atoms in total. The fourth-order valence-corrected chi connectivity index (χ4v) is 3.98. The van der Waals surface area contributed by atoms with E-state index >= 15 is 0 Å². The number of ether oxygens (including phenoxy) is 2. The van der Waals surface area contributed by atoms with Gasteiger partial charge in [0.05, 0.1) is 18.9 Å². The van der Waals surface area contributed by atoms with Gasteiger partial charge in [0.2, 0.25) is 5.60 Å². The molecule has 0 amide bonds. The number of hydrogen-bond donors (Lipinski definition) is 0. The topological polar surface area (TPSA) is 59.3 Å². The molecule has 0 aliphatic carbocycles. The van der Waals surface area contributed by atoms with E-state index in [9.17, 15) is 10.1 Å². The number of carbonyl (C=O) groups excluding carboxylic acids is 1. The van der Waals surface area contributed by atoms with Crippen LogP contribution in [0.1, 0.15) is 24.5 Å². The first-order valence-electron chi connectivity index (χ1n) is 8.79. The lowest BCUT2D eigenvalue weighted by Crippen LogP contribution is -2.42. The van der Waals surface area contributed by atoms with Gasteiger partial charge in [-0.3, -0.25) is 4.79 Å². The Labute approximate surface area is 158 Å². The summed E-state index contributed by atoms with van der Waals surface area (Å²) in [4.78, 5) is 12.4. The van der Waals surface area contributed by atoms with Crippen molar-refractivity contribution < 1.29 is 14.3 Å². The largest absolute Gasteiger partial charge is 0.497 e. The molecule has 1 aliphatic heterocycles. The van der Waals surface area contributed by atoms with Gasteiger partial charge < -0.3 is 9.47 Å². The Morgan fingerprint density at radius 3 is 2.33 bits per heavy atom. The van der Waals surface area contributed by atoms with Gasteiger partial charge in [0, 0.05) is 5.56 Å². The molecule has 0 radical (unpaired) electrons. The molecule has 3 aromatic carbocycles. The van der Waals surface area contributed by atoms with Crippen LogP contribution in [0.15, 0.2) is 66.7 Å². The van der Waals surface area contributed by atoms with E-state index in [0.29, 0.717) is 11.3 Å². The molecule has 1 saturated heterocycles. The van der Waals surface area contributed by atoms with Crippen molar-refractivity contribution in [1.82, 2.24) is 0 Å². The second kappa shape index (κ2) is 6.14. The van der Waals surface area contributed by atoms with Crippen molar-refractivity contribution in [2.75, 3.05) is 7.11 Å². The Morgan fingerprint density at radius 1 is 1.00 bits per heavy atom. The summed E-state index contributed by atoms with van der Waals surface area (Å²) in [5.74, 6) is 0.312. The summed E-state index contributed by atoms with van der Waals surface area (Å²) in [6, 6.07) is 23.6. The average Bonchev–Trinajstić information content (AvgIpc) is 2.99. The molecule has 1 aliphatic rings. The number of carbonyl (C=O) groups is 1. The molecule has 1 heterocycles. The molecule has 0 aromatic heterocycles. The Hall–Kier alpha value is -3.32. The second-order valence-corrected chi connectivity index (χ2v) is 7.07. The molecule has 0 bridgehead atoms. The first-order chi connectivity index (χ1) is 13.0. The lowest BCUT2D eigenvalue weighted by molar-refractivity contribution is -0.146. The highest BCUT2D eigenvalue weighted by Crippen LogP contribution is 2.52. The molecular formula is C23H19NO3. The first-order valence-corrected chi connectivity index (χ1v) is 8.79. The lowest BCUT2D eigenvalue weighted by atomic mass is 9.66. The van der Waals surface area contributed by atoms with Gasteiger partial charge in [-0.2, -0.15) is 5.26 Å². The molecule has 1 unspecified atom stereocenters. The highest BCUT2D eigenvalue weighted by molar-refractivity contribution is 5.84. The number of rotatable bonds is 3. The number of hydrogen-bond acceptors (Lipinski definition) is 4. The minimum absolute atomic E-state index is 0.144. The molecular weight excluding hydrogens is 338 g/mol. The number of cyclic esters (lactones) is 1. The monoisotopic (exact) mass is 357 g/mol. The van der Waals surface area contributed by atoms with Crippen LogP contribution in [0.5, 0.6) is 5.75 Å². The standard InChI is InChI=1S/C23H19NO3/c1-22(19-8-7-16-5-3-4-6-17(16)13-19)14-21(25)27-23(22,15-24)18-9-11-20(26-2)12-10-18/h3-13H,14H2,1-2H3/t22?,23-/m0/s1. The fraction of sp³-hybridized carbons (Fsp3) is 0.217. The van der Waals surface area contributed by atoms with Crippen molar-refractivity contribution in [1.29, 1.82) is 5.26 Å². The maximum atomic E-state index is 12.4. The summed E-state index contributed by atoms with van der Waals surface area (Å²) in [5.41, 5.74) is -0.646. The van der Waals surface area contributed by atoms with E-state index < -0.39 is 11.0 Å². The molecule has 4 rings (SSSR count). The van der Waals surface area contributed by atoms with Crippen LogP contribution in [0.2, 0.25) is 0 Å². The van der Waals surface area contributed by atoms with Crippen molar-refractivity contribution in [3.05, 3.63) is 77.9 Å². The molecule has 3 aromatic rings. The van der Waals surface area contributed by atoms with Crippen LogP contribution in [-0.2, 0) is 20.5 Å². The predicted octanol–water partition coefficient (Wildman–Crippen LogP) is 4.47.